The molecular formula is C19H21N3O4S. The lowest BCUT2D eigenvalue weighted by atomic mass is 9.99. The van der Waals surface area contributed by atoms with E-state index in [1.54, 1.807) is 50.6 Å². The lowest BCUT2D eigenvalue weighted by Gasteiger charge is -2.44. The van der Waals surface area contributed by atoms with E-state index in [0.717, 1.165) is 5.56 Å². The van der Waals surface area contributed by atoms with Gasteiger partial charge in [0.1, 0.15) is 16.8 Å². The van der Waals surface area contributed by atoms with Crippen molar-refractivity contribution in [2.45, 2.75) is 24.0 Å². The van der Waals surface area contributed by atoms with E-state index < -0.39 is 17.3 Å². The Labute approximate surface area is 161 Å². The molecule has 2 N–H and O–H groups in total. The molecule has 2 aromatic rings. The number of esters is 1. The first-order chi connectivity index (χ1) is 13.0. The molecule has 1 aromatic heterocycles. The number of anilines is 2. The maximum absolute atomic E-state index is 12.8. The monoisotopic (exact) mass is 387 g/mol. The van der Waals surface area contributed by atoms with E-state index in [-0.39, 0.29) is 12.5 Å². The van der Waals surface area contributed by atoms with Crippen LogP contribution in [0.2, 0.25) is 0 Å². The highest BCUT2D eigenvalue weighted by Gasteiger charge is 2.53. The van der Waals surface area contributed by atoms with Crippen LogP contribution in [-0.4, -0.2) is 41.9 Å². The number of ether oxygens (including phenoxy) is 2. The predicted octanol–water partition coefficient (Wildman–Crippen LogP) is 2.25. The van der Waals surface area contributed by atoms with E-state index in [1.807, 2.05) is 6.07 Å². The minimum Gasteiger partial charge on any atom is -0.497 e. The normalized spacial score (nSPS) is 18.7. The number of thioether (sulfide) groups is 1. The summed E-state index contributed by atoms with van der Waals surface area (Å²) in [5.74, 6) is 1.13. The number of amides is 1. The van der Waals surface area contributed by atoms with Crippen LogP contribution in [-0.2, 0) is 20.1 Å². The van der Waals surface area contributed by atoms with Gasteiger partial charge >= 0.3 is 5.97 Å². The largest absolute Gasteiger partial charge is 0.497 e. The molecule has 0 radical (unpaired) electrons. The van der Waals surface area contributed by atoms with Crippen LogP contribution < -0.4 is 15.4 Å². The van der Waals surface area contributed by atoms with Gasteiger partial charge in [0.2, 0.25) is 5.91 Å². The number of nitrogen functional groups attached to an aromatic ring is 1. The summed E-state index contributed by atoms with van der Waals surface area (Å²) in [6, 6.07) is 9.97. The van der Waals surface area contributed by atoms with E-state index in [4.69, 9.17) is 15.2 Å². The van der Waals surface area contributed by atoms with Gasteiger partial charge in [-0.3, -0.25) is 9.69 Å². The summed E-state index contributed by atoms with van der Waals surface area (Å²) in [4.78, 5) is 30.7. The van der Waals surface area contributed by atoms with Crippen molar-refractivity contribution in [3.63, 3.8) is 0 Å². The molecule has 0 aliphatic carbocycles. The molecule has 1 saturated heterocycles. The third kappa shape index (κ3) is 4.00. The molecule has 0 bridgehead atoms. The number of methoxy groups -OCH3 is 1. The first kappa shape index (κ1) is 19.0. The first-order valence-electron chi connectivity index (χ1n) is 8.51. The minimum absolute atomic E-state index is 0.120. The number of hydrogen-bond donors (Lipinski definition) is 1. The lowest BCUT2D eigenvalue weighted by Crippen LogP contribution is -2.67. The highest BCUT2D eigenvalue weighted by Crippen LogP contribution is 2.38. The molecule has 27 heavy (non-hydrogen) atoms. The number of β-lactam (4-membered cyclic amide) rings is 1. The fourth-order valence-corrected chi connectivity index (χ4v) is 4.11. The molecule has 8 heteroatoms. The second-order valence-corrected chi connectivity index (χ2v) is 7.05. The van der Waals surface area contributed by atoms with Gasteiger partial charge in [-0.2, -0.15) is 0 Å². The summed E-state index contributed by atoms with van der Waals surface area (Å²) in [5.41, 5.74) is 7.29. The van der Waals surface area contributed by atoms with Crippen molar-refractivity contribution in [3.05, 3.63) is 48.2 Å². The molecule has 1 aromatic carbocycles. The Kier molecular flexibility index (Phi) is 5.85. The van der Waals surface area contributed by atoms with Gasteiger partial charge < -0.3 is 15.2 Å². The fourth-order valence-electron chi connectivity index (χ4n) is 2.88. The zero-order valence-corrected chi connectivity index (χ0v) is 15.9. The molecule has 142 valence electrons. The number of hydrogen-bond acceptors (Lipinski definition) is 7. The second-order valence-electron chi connectivity index (χ2n) is 5.92. The van der Waals surface area contributed by atoms with Crippen LogP contribution in [0.15, 0.2) is 42.6 Å². The zero-order valence-electron chi connectivity index (χ0n) is 15.1. The highest BCUT2D eigenvalue weighted by atomic mass is 32.2. The van der Waals surface area contributed by atoms with E-state index >= 15 is 0 Å². The van der Waals surface area contributed by atoms with E-state index in [1.165, 1.54) is 16.7 Å². The van der Waals surface area contributed by atoms with Crippen LogP contribution in [0.1, 0.15) is 12.5 Å². The Morgan fingerprint density at radius 3 is 2.67 bits per heavy atom. The summed E-state index contributed by atoms with van der Waals surface area (Å²) in [7, 11) is 1.57. The van der Waals surface area contributed by atoms with Crippen molar-refractivity contribution >= 4 is 35.1 Å². The molecule has 1 amide bonds. The maximum Gasteiger partial charge on any atom is 0.330 e. The molecule has 2 heterocycles. The molecule has 7 nitrogen and oxygen atoms in total. The number of aromatic nitrogens is 1. The Bertz CT molecular complexity index is 828. The Morgan fingerprint density at radius 2 is 2.04 bits per heavy atom. The number of carbonyl (C=O) groups excluding carboxylic acids is 2. The standard InChI is InChI=1S/C19H21N3O4S/c1-3-26-19(24)16-17(27-11-12-8-9-21-15(20)10-12)18(23)22(16)13-4-6-14(25-2)7-5-13/h4-10,16-17H,3,11H2,1-2H3,(H2,20,21)/t16-,17-/m0/s1. The van der Waals surface area contributed by atoms with Crippen molar-refractivity contribution in [2.24, 2.45) is 0 Å². The fraction of sp³-hybridized carbons (Fsp3) is 0.316. The van der Waals surface area contributed by atoms with Gasteiger partial charge in [-0.25, -0.2) is 9.78 Å². The van der Waals surface area contributed by atoms with Crippen LogP contribution in [0.25, 0.3) is 0 Å². The van der Waals surface area contributed by atoms with Crippen LogP contribution in [0, 0.1) is 0 Å². The minimum atomic E-state index is -0.657. The van der Waals surface area contributed by atoms with Gasteiger partial charge in [0.15, 0.2) is 6.04 Å². The van der Waals surface area contributed by atoms with Gasteiger partial charge in [-0.15, -0.1) is 11.8 Å². The number of pyridine rings is 1. The molecule has 0 unspecified atom stereocenters. The average Bonchev–Trinajstić information content (AvgIpc) is 2.66. The summed E-state index contributed by atoms with van der Waals surface area (Å²) in [6.07, 6.45) is 1.63. The summed E-state index contributed by atoms with van der Waals surface area (Å²) in [5, 5.41) is -0.499. The van der Waals surface area contributed by atoms with Crippen molar-refractivity contribution in [2.75, 3.05) is 24.4 Å². The number of carbonyl (C=O) groups is 2. The van der Waals surface area contributed by atoms with Gasteiger partial charge in [-0.1, -0.05) is 0 Å². The molecule has 0 saturated carbocycles. The van der Waals surface area contributed by atoms with Crippen LogP contribution >= 0.6 is 11.8 Å². The van der Waals surface area contributed by atoms with E-state index in [9.17, 15) is 9.59 Å². The van der Waals surface area contributed by atoms with Crippen molar-refractivity contribution < 1.29 is 19.1 Å². The molecule has 3 rings (SSSR count). The van der Waals surface area contributed by atoms with Gasteiger partial charge in [0.25, 0.3) is 0 Å². The number of nitrogens with two attached hydrogens (primary N) is 1. The highest BCUT2D eigenvalue weighted by molar-refractivity contribution is 8.00. The van der Waals surface area contributed by atoms with Crippen molar-refractivity contribution in [1.29, 1.82) is 0 Å². The second kappa shape index (κ2) is 8.30. The molecule has 1 aliphatic heterocycles. The summed E-state index contributed by atoms with van der Waals surface area (Å²) >= 11 is 1.40. The molecular weight excluding hydrogens is 366 g/mol. The van der Waals surface area contributed by atoms with Gasteiger partial charge in [0, 0.05) is 17.6 Å². The number of nitrogens with zero attached hydrogens (tertiary/aromatic N) is 2. The molecule has 1 aliphatic rings. The van der Waals surface area contributed by atoms with E-state index in [0.29, 0.717) is 23.0 Å². The van der Waals surface area contributed by atoms with Crippen LogP contribution in [0.4, 0.5) is 11.5 Å². The average molecular weight is 387 g/mol. The van der Waals surface area contributed by atoms with E-state index in [2.05, 4.69) is 4.98 Å². The predicted molar refractivity (Wildman–Crippen MR) is 105 cm³/mol. The van der Waals surface area contributed by atoms with Gasteiger partial charge in [0.05, 0.1) is 13.7 Å². The van der Waals surface area contributed by atoms with Crippen molar-refractivity contribution in [1.82, 2.24) is 4.98 Å². The molecule has 1 fully saturated rings. The smallest absolute Gasteiger partial charge is 0.330 e. The quantitative estimate of drug-likeness (QED) is 0.575. The maximum atomic E-state index is 12.8. The third-order valence-corrected chi connectivity index (χ3v) is 5.52. The molecule has 0 spiro atoms. The lowest BCUT2D eigenvalue weighted by molar-refractivity contribution is -0.149. The number of benzene rings is 1. The van der Waals surface area contributed by atoms with Crippen molar-refractivity contribution in [3.8, 4) is 5.75 Å². The Balaban J connectivity index is 1.77. The van der Waals surface area contributed by atoms with Crippen LogP contribution in [0.3, 0.4) is 0 Å². The zero-order chi connectivity index (χ0) is 19.4. The SMILES string of the molecule is CCOC(=O)[C@@H]1[C@H](SCc2ccnc(N)c2)C(=O)N1c1ccc(OC)cc1. The summed E-state index contributed by atoms with van der Waals surface area (Å²) < 4.78 is 10.3. The first-order valence-corrected chi connectivity index (χ1v) is 9.55. The van der Waals surface area contributed by atoms with Gasteiger partial charge in [-0.05, 0) is 48.9 Å². The molecule has 2 atom stereocenters. The van der Waals surface area contributed by atoms with Crippen LogP contribution in [0.5, 0.6) is 5.75 Å². The Hall–Kier alpha value is -2.74. The number of rotatable bonds is 7. The topological polar surface area (TPSA) is 94.8 Å². The summed E-state index contributed by atoms with van der Waals surface area (Å²) in [6.45, 7) is 2.01. The Morgan fingerprint density at radius 1 is 1.30 bits per heavy atom. The third-order valence-electron chi connectivity index (χ3n) is 4.20.